The zero-order valence-electron chi connectivity index (χ0n) is 7.66. The molecule has 0 bridgehead atoms. The number of rotatable bonds is 4. The van der Waals surface area contributed by atoms with Crippen LogP contribution in [0.5, 0.6) is 0 Å². The molecular formula is C7H12N2O4S. The molecule has 1 aromatic heterocycles. The number of aliphatic hydroxyl groups is 1. The highest BCUT2D eigenvalue weighted by molar-refractivity contribution is 7.85. The molecule has 0 saturated heterocycles. The van der Waals surface area contributed by atoms with Crippen molar-refractivity contribution in [3.05, 3.63) is 18.0 Å². The molecule has 1 rings (SSSR count). The molecule has 7 heteroatoms. The van der Waals surface area contributed by atoms with E-state index >= 15 is 0 Å². The molecule has 0 aliphatic heterocycles. The average molecular weight is 220 g/mol. The van der Waals surface area contributed by atoms with Gasteiger partial charge in [0.15, 0.2) is 0 Å². The summed E-state index contributed by atoms with van der Waals surface area (Å²) in [6.07, 6.45) is 3.46. The molecule has 0 saturated carbocycles. The Morgan fingerprint density at radius 1 is 1.64 bits per heavy atom. The fraction of sp³-hybridized carbons (Fsp3) is 0.571. The Kier molecular flexibility index (Phi) is 3.25. The van der Waals surface area contributed by atoms with E-state index in [-0.39, 0.29) is 5.56 Å². The van der Waals surface area contributed by atoms with Crippen molar-refractivity contribution in [2.24, 2.45) is 0 Å². The number of aromatic nitrogens is 2. The van der Waals surface area contributed by atoms with Crippen LogP contribution in [0.4, 0.5) is 0 Å². The van der Waals surface area contributed by atoms with Gasteiger partial charge in [0, 0.05) is 18.3 Å². The maximum Gasteiger partial charge on any atom is 0.296 e. The van der Waals surface area contributed by atoms with Gasteiger partial charge in [0.2, 0.25) is 5.44 Å². The highest BCUT2D eigenvalue weighted by Crippen LogP contribution is 2.16. The Morgan fingerprint density at radius 3 is 2.79 bits per heavy atom. The van der Waals surface area contributed by atoms with Crippen LogP contribution >= 0.6 is 0 Å². The van der Waals surface area contributed by atoms with E-state index in [9.17, 15) is 8.42 Å². The lowest BCUT2D eigenvalue weighted by molar-refractivity contribution is 0.238. The van der Waals surface area contributed by atoms with E-state index < -0.39 is 15.6 Å². The topological polar surface area (TPSA) is 92.4 Å². The van der Waals surface area contributed by atoms with Crippen LogP contribution in [-0.4, -0.2) is 27.9 Å². The normalized spacial score (nSPS) is 14.2. The van der Waals surface area contributed by atoms with Gasteiger partial charge in [-0.15, -0.1) is 0 Å². The first kappa shape index (κ1) is 11.2. The van der Waals surface area contributed by atoms with E-state index in [0.717, 1.165) is 6.42 Å². The summed E-state index contributed by atoms with van der Waals surface area (Å²) in [4.78, 5) is 0. The highest BCUT2D eigenvalue weighted by Gasteiger charge is 2.23. The number of aliphatic hydroxyl groups excluding tert-OH is 1. The van der Waals surface area contributed by atoms with Crippen molar-refractivity contribution in [3.8, 4) is 0 Å². The third kappa shape index (κ3) is 2.53. The molecular weight excluding hydrogens is 208 g/mol. The van der Waals surface area contributed by atoms with Gasteiger partial charge in [-0.1, -0.05) is 6.92 Å². The first-order valence-electron chi connectivity index (χ1n) is 4.12. The van der Waals surface area contributed by atoms with Crippen LogP contribution in [0.15, 0.2) is 12.4 Å². The van der Waals surface area contributed by atoms with Gasteiger partial charge < -0.3 is 5.11 Å². The lowest BCUT2D eigenvalue weighted by atomic mass is 10.4. The van der Waals surface area contributed by atoms with Crippen LogP contribution in [0.1, 0.15) is 24.3 Å². The molecule has 1 unspecified atom stereocenters. The van der Waals surface area contributed by atoms with E-state index in [4.69, 9.17) is 9.66 Å². The van der Waals surface area contributed by atoms with Crippen LogP contribution in [0.3, 0.4) is 0 Å². The number of aryl methyl sites for hydroxylation is 1. The Morgan fingerprint density at radius 2 is 2.29 bits per heavy atom. The van der Waals surface area contributed by atoms with Crippen molar-refractivity contribution in [1.82, 2.24) is 9.78 Å². The van der Waals surface area contributed by atoms with Gasteiger partial charge >= 0.3 is 0 Å². The van der Waals surface area contributed by atoms with Crippen LogP contribution in [0.25, 0.3) is 0 Å². The first-order valence-corrected chi connectivity index (χ1v) is 5.62. The number of hydrogen-bond acceptors (Lipinski definition) is 4. The second-order valence-electron chi connectivity index (χ2n) is 2.90. The zero-order valence-corrected chi connectivity index (χ0v) is 8.48. The number of nitrogens with zero attached hydrogens (tertiary/aromatic N) is 2. The second kappa shape index (κ2) is 4.07. The van der Waals surface area contributed by atoms with Crippen molar-refractivity contribution < 1.29 is 18.1 Å². The van der Waals surface area contributed by atoms with Gasteiger partial charge in [-0.3, -0.25) is 9.23 Å². The smallest absolute Gasteiger partial charge is 0.296 e. The van der Waals surface area contributed by atoms with Crippen LogP contribution < -0.4 is 0 Å². The molecule has 6 nitrogen and oxygen atoms in total. The predicted molar refractivity (Wildman–Crippen MR) is 49.0 cm³/mol. The van der Waals surface area contributed by atoms with Crippen LogP contribution in [0.2, 0.25) is 0 Å². The molecule has 0 radical (unpaired) electrons. The van der Waals surface area contributed by atoms with Crippen molar-refractivity contribution >= 4 is 10.1 Å². The molecule has 0 aliphatic rings. The Hall–Kier alpha value is -0.920. The summed E-state index contributed by atoms with van der Waals surface area (Å²) in [7, 11) is -4.46. The molecule has 1 heterocycles. The molecule has 0 aromatic carbocycles. The maximum atomic E-state index is 10.6. The second-order valence-corrected chi connectivity index (χ2v) is 4.38. The molecule has 1 atom stereocenters. The minimum Gasteiger partial charge on any atom is -0.371 e. The monoisotopic (exact) mass is 220 g/mol. The third-order valence-electron chi connectivity index (χ3n) is 1.67. The lowest BCUT2D eigenvalue weighted by Crippen LogP contribution is -2.10. The van der Waals surface area contributed by atoms with E-state index in [2.05, 4.69) is 5.10 Å². The van der Waals surface area contributed by atoms with Crippen molar-refractivity contribution in [2.45, 2.75) is 25.3 Å². The molecule has 80 valence electrons. The molecule has 2 N–H and O–H groups in total. The Balaban J connectivity index is 2.87. The fourth-order valence-corrected chi connectivity index (χ4v) is 1.50. The SMILES string of the molecule is CCCn1cc(C(O)S(=O)(=O)O)cn1. The molecule has 0 fully saturated rings. The van der Waals surface area contributed by atoms with Crippen LogP contribution in [-0.2, 0) is 16.7 Å². The van der Waals surface area contributed by atoms with Crippen molar-refractivity contribution in [1.29, 1.82) is 0 Å². The summed E-state index contributed by atoms with van der Waals surface area (Å²) in [5.41, 5.74) is -1.84. The number of hydrogen-bond donors (Lipinski definition) is 2. The summed E-state index contributed by atoms with van der Waals surface area (Å²) in [6.45, 7) is 2.58. The van der Waals surface area contributed by atoms with Crippen LogP contribution in [0, 0.1) is 0 Å². The first-order chi connectivity index (χ1) is 6.45. The van der Waals surface area contributed by atoms with Gasteiger partial charge in [-0.2, -0.15) is 13.5 Å². The highest BCUT2D eigenvalue weighted by atomic mass is 32.2. The molecule has 0 amide bonds. The predicted octanol–water partition coefficient (Wildman–Crippen LogP) is 0.172. The summed E-state index contributed by atoms with van der Waals surface area (Å²) in [5, 5.41) is 13.0. The van der Waals surface area contributed by atoms with Gasteiger partial charge in [-0.05, 0) is 6.42 Å². The van der Waals surface area contributed by atoms with Crippen molar-refractivity contribution in [3.63, 3.8) is 0 Å². The maximum absolute atomic E-state index is 10.6. The standard InChI is InChI=1S/C7H12N2O4S/c1-2-3-9-5-6(4-8-9)7(10)14(11,12)13/h4-5,7,10H,2-3H2,1H3,(H,11,12,13). The van der Waals surface area contributed by atoms with E-state index in [1.54, 1.807) is 0 Å². The quantitative estimate of drug-likeness (QED) is 0.706. The third-order valence-corrected chi connectivity index (χ3v) is 2.51. The summed E-state index contributed by atoms with van der Waals surface area (Å²) in [6, 6.07) is 0. The van der Waals surface area contributed by atoms with Gasteiger partial charge in [0.05, 0.1) is 6.20 Å². The van der Waals surface area contributed by atoms with E-state index in [1.807, 2.05) is 6.92 Å². The molecule has 0 aliphatic carbocycles. The summed E-state index contributed by atoms with van der Waals surface area (Å²) >= 11 is 0. The fourth-order valence-electron chi connectivity index (χ4n) is 1.03. The van der Waals surface area contributed by atoms with E-state index in [0.29, 0.717) is 6.54 Å². The minimum atomic E-state index is -4.46. The summed E-state index contributed by atoms with van der Waals surface area (Å²) in [5.74, 6) is 0. The molecule has 14 heavy (non-hydrogen) atoms. The lowest BCUT2D eigenvalue weighted by Gasteiger charge is -2.02. The van der Waals surface area contributed by atoms with E-state index in [1.165, 1.54) is 17.1 Å². The minimum absolute atomic E-state index is 0.0703. The Labute approximate surface area is 81.9 Å². The Bertz CT molecular complexity index is 398. The van der Waals surface area contributed by atoms with Gasteiger partial charge in [0.25, 0.3) is 10.1 Å². The largest absolute Gasteiger partial charge is 0.371 e. The zero-order chi connectivity index (χ0) is 10.8. The molecule has 1 aromatic rings. The van der Waals surface area contributed by atoms with Gasteiger partial charge in [-0.25, -0.2) is 0 Å². The molecule has 0 spiro atoms. The van der Waals surface area contributed by atoms with Crippen molar-refractivity contribution in [2.75, 3.05) is 0 Å². The summed E-state index contributed by atoms with van der Waals surface area (Å²) < 4.78 is 31.2. The van der Waals surface area contributed by atoms with Gasteiger partial charge in [0.1, 0.15) is 0 Å². The average Bonchev–Trinajstić information content (AvgIpc) is 2.50.